The van der Waals surface area contributed by atoms with Crippen LogP contribution in [-0.2, 0) is 24.8 Å². The Labute approximate surface area is 119 Å². The summed E-state index contributed by atoms with van der Waals surface area (Å²) >= 11 is 0. The Morgan fingerprint density at radius 2 is 1.90 bits per heavy atom. The van der Waals surface area contributed by atoms with Gasteiger partial charge in [0.05, 0.1) is 6.42 Å². The number of amides is 1. The molecule has 2 rings (SSSR count). The second kappa shape index (κ2) is 6.80. The Morgan fingerprint density at radius 3 is 2.50 bits per heavy atom. The van der Waals surface area contributed by atoms with Crippen molar-refractivity contribution in [3.05, 3.63) is 53.9 Å². The van der Waals surface area contributed by atoms with E-state index in [1.807, 2.05) is 49.0 Å². The zero-order chi connectivity index (χ0) is 14.4. The number of rotatable bonds is 6. The molecule has 0 spiro atoms. The SMILES string of the molecule is CCNC(=O)Cc1ccc(NCc2ccn(C)c2)cc1. The summed E-state index contributed by atoms with van der Waals surface area (Å²) in [5, 5.41) is 6.17. The van der Waals surface area contributed by atoms with Crippen molar-refractivity contribution < 1.29 is 4.79 Å². The van der Waals surface area contributed by atoms with E-state index < -0.39 is 0 Å². The Hall–Kier alpha value is -2.23. The van der Waals surface area contributed by atoms with Crippen LogP contribution in [0.2, 0.25) is 0 Å². The molecule has 20 heavy (non-hydrogen) atoms. The molecule has 106 valence electrons. The van der Waals surface area contributed by atoms with Crippen LogP contribution in [0.15, 0.2) is 42.7 Å². The molecule has 1 heterocycles. The minimum absolute atomic E-state index is 0.0671. The Kier molecular flexibility index (Phi) is 4.82. The maximum absolute atomic E-state index is 11.5. The zero-order valence-electron chi connectivity index (χ0n) is 12.0. The van der Waals surface area contributed by atoms with E-state index in [1.54, 1.807) is 0 Å². The number of nitrogens with one attached hydrogen (secondary N) is 2. The van der Waals surface area contributed by atoms with Gasteiger partial charge in [-0.1, -0.05) is 12.1 Å². The van der Waals surface area contributed by atoms with Gasteiger partial charge in [0, 0.05) is 38.2 Å². The van der Waals surface area contributed by atoms with Gasteiger partial charge in [-0.25, -0.2) is 0 Å². The lowest BCUT2D eigenvalue weighted by molar-refractivity contribution is -0.120. The summed E-state index contributed by atoms with van der Waals surface area (Å²) in [6.45, 7) is 3.40. The van der Waals surface area contributed by atoms with Crippen LogP contribution in [-0.4, -0.2) is 17.0 Å². The summed E-state index contributed by atoms with van der Waals surface area (Å²) in [7, 11) is 2.01. The minimum Gasteiger partial charge on any atom is -0.381 e. The van der Waals surface area contributed by atoms with Gasteiger partial charge >= 0.3 is 0 Å². The second-order valence-electron chi connectivity index (χ2n) is 4.87. The zero-order valence-corrected chi connectivity index (χ0v) is 12.0. The van der Waals surface area contributed by atoms with Crippen LogP contribution < -0.4 is 10.6 Å². The molecule has 2 aromatic rings. The molecular weight excluding hydrogens is 250 g/mol. The van der Waals surface area contributed by atoms with Gasteiger partial charge in [-0.05, 0) is 36.2 Å². The number of nitrogens with zero attached hydrogens (tertiary/aromatic N) is 1. The smallest absolute Gasteiger partial charge is 0.224 e. The van der Waals surface area contributed by atoms with Crippen LogP contribution in [0.1, 0.15) is 18.1 Å². The topological polar surface area (TPSA) is 46.1 Å². The van der Waals surface area contributed by atoms with E-state index in [0.717, 1.165) is 17.8 Å². The molecule has 4 heteroatoms. The number of benzene rings is 1. The fourth-order valence-corrected chi connectivity index (χ4v) is 2.06. The highest BCUT2D eigenvalue weighted by molar-refractivity contribution is 5.78. The molecule has 0 aliphatic rings. The Morgan fingerprint density at radius 1 is 1.15 bits per heavy atom. The molecule has 0 unspecified atom stereocenters. The first-order valence-corrected chi connectivity index (χ1v) is 6.87. The molecular formula is C16H21N3O. The van der Waals surface area contributed by atoms with Crippen LogP contribution in [0.5, 0.6) is 0 Å². The van der Waals surface area contributed by atoms with E-state index in [4.69, 9.17) is 0 Å². The van der Waals surface area contributed by atoms with Gasteiger partial charge in [0.2, 0.25) is 5.91 Å². The van der Waals surface area contributed by atoms with Crippen molar-refractivity contribution in [2.45, 2.75) is 19.9 Å². The number of hydrogen-bond donors (Lipinski definition) is 2. The van der Waals surface area contributed by atoms with Crippen LogP contribution in [0.4, 0.5) is 5.69 Å². The summed E-state index contributed by atoms with van der Waals surface area (Å²) in [4.78, 5) is 11.5. The third-order valence-corrected chi connectivity index (χ3v) is 3.08. The molecule has 0 bridgehead atoms. The molecule has 0 atom stereocenters. The number of anilines is 1. The quantitative estimate of drug-likeness (QED) is 0.847. The third-order valence-electron chi connectivity index (χ3n) is 3.08. The fraction of sp³-hybridized carbons (Fsp3) is 0.312. The summed E-state index contributed by atoms with van der Waals surface area (Å²) in [5.41, 5.74) is 3.34. The molecule has 0 aliphatic carbocycles. The van der Waals surface area contributed by atoms with E-state index in [9.17, 15) is 4.79 Å². The number of carbonyl (C=O) groups excluding carboxylic acids is 1. The molecule has 0 radical (unpaired) electrons. The predicted octanol–water partition coefficient (Wildman–Crippen LogP) is 2.32. The maximum Gasteiger partial charge on any atom is 0.224 e. The van der Waals surface area contributed by atoms with Gasteiger partial charge in [0.1, 0.15) is 0 Å². The molecule has 1 amide bonds. The molecule has 0 fully saturated rings. The van der Waals surface area contributed by atoms with Gasteiger partial charge in [-0.15, -0.1) is 0 Å². The van der Waals surface area contributed by atoms with Crippen molar-refractivity contribution in [2.75, 3.05) is 11.9 Å². The van der Waals surface area contributed by atoms with Gasteiger partial charge in [0.15, 0.2) is 0 Å². The van der Waals surface area contributed by atoms with E-state index in [1.165, 1.54) is 5.56 Å². The monoisotopic (exact) mass is 271 g/mol. The van der Waals surface area contributed by atoms with Crippen molar-refractivity contribution in [3.8, 4) is 0 Å². The lowest BCUT2D eigenvalue weighted by atomic mass is 10.1. The molecule has 0 saturated carbocycles. The van der Waals surface area contributed by atoms with Gasteiger partial charge < -0.3 is 15.2 Å². The number of likely N-dealkylation sites (N-methyl/N-ethyl adjacent to an activating group) is 1. The van der Waals surface area contributed by atoms with Gasteiger partial charge in [-0.2, -0.15) is 0 Å². The number of aromatic nitrogens is 1. The highest BCUT2D eigenvalue weighted by Gasteiger charge is 2.02. The highest BCUT2D eigenvalue weighted by Crippen LogP contribution is 2.12. The average molecular weight is 271 g/mol. The molecule has 2 N–H and O–H groups in total. The van der Waals surface area contributed by atoms with E-state index in [-0.39, 0.29) is 5.91 Å². The second-order valence-corrected chi connectivity index (χ2v) is 4.87. The van der Waals surface area contributed by atoms with Gasteiger partial charge in [0.25, 0.3) is 0 Å². The van der Waals surface area contributed by atoms with E-state index >= 15 is 0 Å². The first-order chi connectivity index (χ1) is 9.67. The fourth-order valence-electron chi connectivity index (χ4n) is 2.06. The van der Waals surface area contributed by atoms with Crippen LogP contribution in [0, 0.1) is 0 Å². The summed E-state index contributed by atoms with van der Waals surface area (Å²) in [6.07, 6.45) is 4.57. The molecule has 1 aromatic heterocycles. The Balaban J connectivity index is 1.86. The average Bonchev–Trinajstić information content (AvgIpc) is 2.84. The van der Waals surface area contributed by atoms with E-state index in [0.29, 0.717) is 13.0 Å². The van der Waals surface area contributed by atoms with Crippen molar-refractivity contribution in [1.29, 1.82) is 0 Å². The molecule has 0 saturated heterocycles. The van der Waals surface area contributed by atoms with Crippen molar-refractivity contribution in [3.63, 3.8) is 0 Å². The van der Waals surface area contributed by atoms with Gasteiger partial charge in [-0.3, -0.25) is 4.79 Å². The predicted molar refractivity (Wildman–Crippen MR) is 81.6 cm³/mol. The molecule has 1 aromatic carbocycles. The first-order valence-electron chi connectivity index (χ1n) is 6.87. The van der Waals surface area contributed by atoms with Crippen LogP contribution in [0.25, 0.3) is 0 Å². The summed E-state index contributed by atoms with van der Waals surface area (Å²) < 4.78 is 2.03. The Bertz CT molecular complexity index is 557. The lowest BCUT2D eigenvalue weighted by Crippen LogP contribution is -2.24. The minimum atomic E-state index is 0.0671. The normalized spacial score (nSPS) is 10.3. The van der Waals surface area contributed by atoms with E-state index in [2.05, 4.69) is 22.9 Å². The number of aryl methyl sites for hydroxylation is 1. The molecule has 0 aliphatic heterocycles. The van der Waals surface area contributed by atoms with Crippen molar-refractivity contribution in [1.82, 2.24) is 9.88 Å². The van der Waals surface area contributed by atoms with Crippen molar-refractivity contribution in [2.24, 2.45) is 7.05 Å². The standard InChI is InChI=1S/C16H21N3O/c1-3-17-16(20)10-13-4-6-15(7-5-13)18-11-14-8-9-19(2)12-14/h4-9,12,18H,3,10-11H2,1-2H3,(H,17,20). The maximum atomic E-state index is 11.5. The first kappa shape index (κ1) is 14.2. The number of hydrogen-bond acceptors (Lipinski definition) is 2. The van der Waals surface area contributed by atoms with Crippen LogP contribution in [0.3, 0.4) is 0 Å². The highest BCUT2D eigenvalue weighted by atomic mass is 16.1. The largest absolute Gasteiger partial charge is 0.381 e. The third kappa shape index (κ3) is 4.16. The summed E-state index contributed by atoms with van der Waals surface area (Å²) in [5.74, 6) is 0.0671. The van der Waals surface area contributed by atoms with Crippen molar-refractivity contribution >= 4 is 11.6 Å². The molecule has 4 nitrogen and oxygen atoms in total. The summed E-state index contributed by atoms with van der Waals surface area (Å²) in [6, 6.07) is 10.1. The van der Waals surface area contributed by atoms with Crippen LogP contribution >= 0.6 is 0 Å². The number of carbonyl (C=O) groups is 1. The lowest BCUT2D eigenvalue weighted by Gasteiger charge is -2.07.